The van der Waals surface area contributed by atoms with Crippen molar-refractivity contribution in [1.82, 2.24) is 4.90 Å². The molecular formula is C9H20N2. The largest absolute Gasteiger partial charge is 0.328 e. The van der Waals surface area contributed by atoms with Gasteiger partial charge in [-0.15, -0.1) is 0 Å². The lowest BCUT2D eigenvalue weighted by Crippen LogP contribution is -2.23. The van der Waals surface area contributed by atoms with Crippen LogP contribution in [0.4, 0.5) is 0 Å². The lowest BCUT2D eigenvalue weighted by Gasteiger charge is -2.14. The number of hydrogen-bond donors (Lipinski definition) is 1. The molecule has 11 heavy (non-hydrogen) atoms. The Morgan fingerprint density at radius 3 is 2.55 bits per heavy atom. The van der Waals surface area contributed by atoms with E-state index in [2.05, 4.69) is 11.8 Å². The minimum Gasteiger partial charge on any atom is -0.328 e. The van der Waals surface area contributed by atoms with E-state index in [1.54, 1.807) is 0 Å². The van der Waals surface area contributed by atoms with E-state index in [-0.39, 0.29) is 0 Å². The predicted octanol–water partition coefficient (Wildman–Crippen LogP) is 1.21. The lowest BCUT2D eigenvalue weighted by atomic mass is 10.2. The van der Waals surface area contributed by atoms with Crippen LogP contribution >= 0.6 is 0 Å². The summed E-state index contributed by atoms with van der Waals surface area (Å²) in [6, 6.07) is 0.387. The molecule has 1 rings (SSSR count). The van der Waals surface area contributed by atoms with Gasteiger partial charge in [-0.1, -0.05) is 0 Å². The molecule has 1 aliphatic rings. The highest BCUT2D eigenvalue weighted by atomic mass is 15.1. The molecule has 0 amide bonds. The fraction of sp³-hybridized carbons (Fsp3) is 1.00. The first-order valence-corrected chi connectivity index (χ1v) is 4.77. The summed E-state index contributed by atoms with van der Waals surface area (Å²) < 4.78 is 0. The van der Waals surface area contributed by atoms with Crippen molar-refractivity contribution in [3.05, 3.63) is 0 Å². The van der Waals surface area contributed by atoms with Gasteiger partial charge in [0.05, 0.1) is 0 Å². The summed E-state index contributed by atoms with van der Waals surface area (Å²) >= 11 is 0. The molecule has 2 nitrogen and oxygen atoms in total. The molecule has 1 fully saturated rings. The van der Waals surface area contributed by atoms with E-state index in [0.717, 1.165) is 0 Å². The number of nitrogens with two attached hydrogens (primary N) is 1. The first kappa shape index (κ1) is 9.01. The Hall–Kier alpha value is -0.0800. The maximum absolute atomic E-state index is 5.66. The fourth-order valence-electron chi connectivity index (χ4n) is 1.64. The van der Waals surface area contributed by atoms with Gasteiger partial charge in [-0.25, -0.2) is 0 Å². The molecule has 0 aromatic heterocycles. The van der Waals surface area contributed by atoms with Gasteiger partial charge < -0.3 is 10.6 Å². The maximum atomic E-state index is 5.66. The van der Waals surface area contributed by atoms with E-state index in [1.807, 2.05) is 0 Å². The van der Waals surface area contributed by atoms with Crippen LogP contribution in [0, 0.1) is 0 Å². The molecule has 0 bridgehead atoms. The first-order chi connectivity index (χ1) is 5.29. The SMILES string of the molecule is C[C@@H](N)CCCN1CCCC1. The molecule has 0 aromatic rings. The highest BCUT2D eigenvalue weighted by Gasteiger charge is 2.10. The average Bonchev–Trinajstić information content (AvgIpc) is 2.39. The van der Waals surface area contributed by atoms with E-state index >= 15 is 0 Å². The van der Waals surface area contributed by atoms with Crippen molar-refractivity contribution in [2.24, 2.45) is 5.73 Å². The maximum Gasteiger partial charge on any atom is 0.00109 e. The van der Waals surface area contributed by atoms with Crippen molar-refractivity contribution in [3.63, 3.8) is 0 Å². The highest BCUT2D eigenvalue weighted by molar-refractivity contribution is 4.66. The second-order valence-corrected chi connectivity index (χ2v) is 3.67. The molecule has 2 heteroatoms. The minimum absolute atomic E-state index is 0.387. The van der Waals surface area contributed by atoms with Gasteiger partial charge in [0, 0.05) is 6.04 Å². The molecular weight excluding hydrogens is 136 g/mol. The number of rotatable bonds is 4. The summed E-state index contributed by atoms with van der Waals surface area (Å²) in [7, 11) is 0. The Kier molecular flexibility index (Phi) is 3.87. The molecule has 1 saturated heterocycles. The third kappa shape index (κ3) is 3.73. The second-order valence-electron chi connectivity index (χ2n) is 3.67. The summed E-state index contributed by atoms with van der Waals surface area (Å²) in [6.45, 7) is 5.99. The van der Waals surface area contributed by atoms with Crippen molar-refractivity contribution >= 4 is 0 Å². The van der Waals surface area contributed by atoms with Crippen LogP contribution < -0.4 is 5.73 Å². The Morgan fingerprint density at radius 2 is 2.00 bits per heavy atom. The third-order valence-corrected chi connectivity index (χ3v) is 2.33. The van der Waals surface area contributed by atoms with Crippen LogP contribution in [0.15, 0.2) is 0 Å². The zero-order chi connectivity index (χ0) is 8.10. The van der Waals surface area contributed by atoms with Gasteiger partial charge in [0.2, 0.25) is 0 Å². The number of hydrogen-bond acceptors (Lipinski definition) is 2. The normalized spacial score (nSPS) is 22.4. The molecule has 1 heterocycles. The molecule has 0 saturated carbocycles. The summed E-state index contributed by atoms with van der Waals surface area (Å²) in [4.78, 5) is 2.54. The molecule has 0 aliphatic carbocycles. The van der Waals surface area contributed by atoms with Gasteiger partial charge >= 0.3 is 0 Å². The van der Waals surface area contributed by atoms with Gasteiger partial charge in [-0.2, -0.15) is 0 Å². The minimum atomic E-state index is 0.387. The van der Waals surface area contributed by atoms with Crippen molar-refractivity contribution in [2.45, 2.75) is 38.6 Å². The molecule has 0 aromatic carbocycles. The molecule has 0 radical (unpaired) electrons. The van der Waals surface area contributed by atoms with Gasteiger partial charge in [-0.3, -0.25) is 0 Å². The summed E-state index contributed by atoms with van der Waals surface area (Å²) in [6.07, 6.45) is 5.25. The number of nitrogens with zero attached hydrogens (tertiary/aromatic N) is 1. The first-order valence-electron chi connectivity index (χ1n) is 4.77. The highest BCUT2D eigenvalue weighted by Crippen LogP contribution is 2.08. The lowest BCUT2D eigenvalue weighted by molar-refractivity contribution is 0.326. The fourth-order valence-corrected chi connectivity index (χ4v) is 1.64. The quantitative estimate of drug-likeness (QED) is 0.663. The van der Waals surface area contributed by atoms with Crippen LogP contribution in [0.5, 0.6) is 0 Å². The van der Waals surface area contributed by atoms with Crippen molar-refractivity contribution in [2.75, 3.05) is 19.6 Å². The van der Waals surface area contributed by atoms with E-state index in [4.69, 9.17) is 5.73 Å². The van der Waals surface area contributed by atoms with Crippen LogP contribution in [0.2, 0.25) is 0 Å². The van der Waals surface area contributed by atoms with Crippen LogP contribution in [0.3, 0.4) is 0 Å². The second kappa shape index (κ2) is 4.73. The Labute approximate surface area is 69.8 Å². The zero-order valence-corrected chi connectivity index (χ0v) is 7.55. The molecule has 1 atom stereocenters. The summed E-state index contributed by atoms with van der Waals surface area (Å²) in [5, 5.41) is 0. The van der Waals surface area contributed by atoms with Gasteiger partial charge in [0.25, 0.3) is 0 Å². The van der Waals surface area contributed by atoms with Crippen LogP contribution in [0.1, 0.15) is 32.6 Å². The Morgan fingerprint density at radius 1 is 1.36 bits per heavy atom. The number of likely N-dealkylation sites (tertiary alicyclic amines) is 1. The van der Waals surface area contributed by atoms with Crippen LogP contribution in [-0.4, -0.2) is 30.6 Å². The molecule has 0 unspecified atom stereocenters. The van der Waals surface area contributed by atoms with E-state index in [1.165, 1.54) is 45.3 Å². The van der Waals surface area contributed by atoms with Crippen molar-refractivity contribution in [3.8, 4) is 0 Å². The van der Waals surface area contributed by atoms with E-state index in [0.29, 0.717) is 6.04 Å². The predicted molar refractivity (Wildman–Crippen MR) is 48.6 cm³/mol. The molecule has 2 N–H and O–H groups in total. The van der Waals surface area contributed by atoms with Crippen molar-refractivity contribution in [1.29, 1.82) is 0 Å². The smallest absolute Gasteiger partial charge is 0.00109 e. The molecule has 0 spiro atoms. The van der Waals surface area contributed by atoms with Crippen molar-refractivity contribution < 1.29 is 0 Å². The topological polar surface area (TPSA) is 29.3 Å². The van der Waals surface area contributed by atoms with Crippen LogP contribution in [-0.2, 0) is 0 Å². The van der Waals surface area contributed by atoms with Gasteiger partial charge in [0.1, 0.15) is 0 Å². The molecule has 1 aliphatic heterocycles. The molecule has 66 valence electrons. The van der Waals surface area contributed by atoms with Gasteiger partial charge in [-0.05, 0) is 52.2 Å². The monoisotopic (exact) mass is 156 g/mol. The zero-order valence-electron chi connectivity index (χ0n) is 7.55. The van der Waals surface area contributed by atoms with Crippen LogP contribution in [0.25, 0.3) is 0 Å². The average molecular weight is 156 g/mol. The Balaban J connectivity index is 1.94. The Bertz CT molecular complexity index is 95.7. The standard InChI is InChI=1S/C9H20N2/c1-9(10)5-4-8-11-6-2-3-7-11/h9H,2-8,10H2,1H3/t9-/m1/s1. The third-order valence-electron chi connectivity index (χ3n) is 2.33. The van der Waals surface area contributed by atoms with Gasteiger partial charge in [0.15, 0.2) is 0 Å². The summed E-state index contributed by atoms with van der Waals surface area (Å²) in [5.74, 6) is 0. The summed E-state index contributed by atoms with van der Waals surface area (Å²) in [5.41, 5.74) is 5.66. The van der Waals surface area contributed by atoms with E-state index < -0.39 is 0 Å². The van der Waals surface area contributed by atoms with E-state index in [9.17, 15) is 0 Å².